The van der Waals surface area contributed by atoms with Gasteiger partial charge in [0.25, 0.3) is 0 Å². The van der Waals surface area contributed by atoms with Crippen molar-refractivity contribution >= 4 is 17.6 Å². The van der Waals surface area contributed by atoms with Crippen LogP contribution in [0, 0.1) is 0 Å². The van der Waals surface area contributed by atoms with Gasteiger partial charge in [0.05, 0.1) is 7.11 Å². The molecule has 0 aliphatic rings. The zero-order valence-corrected chi connectivity index (χ0v) is 9.04. The van der Waals surface area contributed by atoms with Crippen LogP contribution in [-0.2, 0) is 16.0 Å². The Hall–Kier alpha value is -1.02. The Morgan fingerprint density at radius 3 is 2.50 bits per heavy atom. The average molecular weight is 213 g/mol. The van der Waals surface area contributed by atoms with Crippen molar-refractivity contribution in [3.05, 3.63) is 35.9 Å². The summed E-state index contributed by atoms with van der Waals surface area (Å²) in [6.45, 7) is 1.66. The Morgan fingerprint density at radius 1 is 1.43 bits per heavy atom. The van der Waals surface area contributed by atoms with Crippen LogP contribution >= 0.6 is 11.6 Å². The van der Waals surface area contributed by atoms with E-state index < -0.39 is 10.8 Å². The summed E-state index contributed by atoms with van der Waals surface area (Å²) < 4.78 is 4.62. The van der Waals surface area contributed by atoms with Gasteiger partial charge in [0.15, 0.2) is 0 Å². The van der Waals surface area contributed by atoms with E-state index in [1.165, 1.54) is 7.11 Å². The van der Waals surface area contributed by atoms with Crippen LogP contribution in [0.2, 0.25) is 0 Å². The Balaban J connectivity index is 2.73. The molecular weight excluding hydrogens is 200 g/mol. The first-order valence-corrected chi connectivity index (χ1v) is 4.75. The van der Waals surface area contributed by atoms with Gasteiger partial charge in [-0.2, -0.15) is 0 Å². The first-order chi connectivity index (χ1) is 6.56. The van der Waals surface area contributed by atoms with E-state index in [1.807, 2.05) is 30.3 Å². The largest absolute Gasteiger partial charge is 0.468 e. The molecule has 0 bridgehead atoms. The summed E-state index contributed by atoms with van der Waals surface area (Å²) in [6, 6.07) is 9.62. The third kappa shape index (κ3) is 2.74. The van der Waals surface area contributed by atoms with Gasteiger partial charge >= 0.3 is 5.97 Å². The van der Waals surface area contributed by atoms with Crippen LogP contribution < -0.4 is 0 Å². The monoisotopic (exact) mass is 212 g/mol. The third-order valence-corrected chi connectivity index (χ3v) is 2.28. The first-order valence-electron chi connectivity index (χ1n) is 4.37. The zero-order valence-electron chi connectivity index (χ0n) is 8.29. The van der Waals surface area contributed by atoms with Gasteiger partial charge in [0, 0.05) is 6.42 Å². The number of carbonyl (C=O) groups excluding carboxylic acids is 1. The molecule has 2 nitrogen and oxygen atoms in total. The van der Waals surface area contributed by atoms with Crippen molar-refractivity contribution in [2.24, 2.45) is 0 Å². The summed E-state index contributed by atoms with van der Waals surface area (Å²) in [5, 5.41) is 0. The van der Waals surface area contributed by atoms with Crippen LogP contribution in [-0.4, -0.2) is 18.0 Å². The molecule has 0 radical (unpaired) electrons. The number of halogens is 1. The van der Waals surface area contributed by atoms with Crippen molar-refractivity contribution < 1.29 is 9.53 Å². The average Bonchev–Trinajstić information content (AvgIpc) is 2.17. The SMILES string of the molecule is COC(=O)[C@](C)(Cl)Cc1ccccc1. The molecule has 3 heteroatoms. The standard InChI is InChI=1S/C11H13ClO2/c1-11(12,10(13)14-2)8-9-6-4-3-5-7-9/h3-7H,8H2,1-2H3/t11-/m1/s1. The Labute approximate surface area is 88.8 Å². The summed E-state index contributed by atoms with van der Waals surface area (Å²) in [7, 11) is 1.34. The number of benzene rings is 1. The first kappa shape index (κ1) is 11.1. The number of carbonyl (C=O) groups is 1. The molecule has 1 aromatic rings. The highest BCUT2D eigenvalue weighted by Gasteiger charge is 2.31. The van der Waals surface area contributed by atoms with Gasteiger partial charge in [-0.05, 0) is 12.5 Å². The number of esters is 1. The topological polar surface area (TPSA) is 26.3 Å². The molecule has 1 aromatic carbocycles. The molecule has 0 unspecified atom stereocenters. The van der Waals surface area contributed by atoms with Gasteiger partial charge in [0.1, 0.15) is 4.87 Å². The fourth-order valence-electron chi connectivity index (χ4n) is 1.26. The lowest BCUT2D eigenvalue weighted by atomic mass is 10.0. The van der Waals surface area contributed by atoms with E-state index in [-0.39, 0.29) is 0 Å². The minimum Gasteiger partial charge on any atom is -0.468 e. The zero-order chi connectivity index (χ0) is 10.6. The molecule has 0 aliphatic heterocycles. The molecule has 76 valence electrons. The van der Waals surface area contributed by atoms with Gasteiger partial charge in [-0.3, -0.25) is 4.79 Å². The van der Waals surface area contributed by atoms with E-state index in [4.69, 9.17) is 11.6 Å². The quantitative estimate of drug-likeness (QED) is 0.568. The summed E-state index contributed by atoms with van der Waals surface area (Å²) in [6.07, 6.45) is 0.474. The summed E-state index contributed by atoms with van der Waals surface area (Å²) in [5.41, 5.74) is 1.02. The van der Waals surface area contributed by atoms with E-state index >= 15 is 0 Å². The van der Waals surface area contributed by atoms with Crippen molar-refractivity contribution in [3.63, 3.8) is 0 Å². The van der Waals surface area contributed by atoms with Crippen molar-refractivity contribution in [2.75, 3.05) is 7.11 Å². The third-order valence-electron chi connectivity index (χ3n) is 1.99. The number of hydrogen-bond donors (Lipinski definition) is 0. The number of methoxy groups -OCH3 is 1. The summed E-state index contributed by atoms with van der Waals surface area (Å²) >= 11 is 6.05. The minimum atomic E-state index is -0.976. The van der Waals surface area contributed by atoms with Gasteiger partial charge in [-0.1, -0.05) is 30.3 Å². The van der Waals surface area contributed by atoms with E-state index in [2.05, 4.69) is 4.74 Å². The van der Waals surface area contributed by atoms with E-state index in [0.717, 1.165) is 5.56 Å². The second-order valence-electron chi connectivity index (χ2n) is 3.35. The molecule has 0 saturated heterocycles. The maximum Gasteiger partial charge on any atom is 0.326 e. The van der Waals surface area contributed by atoms with Crippen LogP contribution in [0.5, 0.6) is 0 Å². The number of hydrogen-bond acceptors (Lipinski definition) is 2. The Morgan fingerprint density at radius 2 is 2.00 bits per heavy atom. The van der Waals surface area contributed by atoms with E-state index in [1.54, 1.807) is 6.92 Å². The molecule has 0 heterocycles. The smallest absolute Gasteiger partial charge is 0.326 e. The van der Waals surface area contributed by atoms with Gasteiger partial charge < -0.3 is 4.74 Å². The van der Waals surface area contributed by atoms with Crippen molar-refractivity contribution in [2.45, 2.75) is 18.2 Å². The van der Waals surface area contributed by atoms with Crippen LogP contribution in [0.3, 0.4) is 0 Å². The molecule has 0 N–H and O–H groups in total. The minimum absolute atomic E-state index is 0.400. The van der Waals surface area contributed by atoms with Gasteiger partial charge in [-0.25, -0.2) is 0 Å². The molecular formula is C11H13ClO2. The lowest BCUT2D eigenvalue weighted by Gasteiger charge is -2.18. The van der Waals surface area contributed by atoms with Gasteiger partial charge in [0.2, 0.25) is 0 Å². The number of rotatable bonds is 3. The van der Waals surface area contributed by atoms with E-state index in [9.17, 15) is 4.79 Å². The number of alkyl halides is 1. The predicted octanol–water partition coefficient (Wildman–Crippen LogP) is 2.40. The predicted molar refractivity (Wildman–Crippen MR) is 56.4 cm³/mol. The normalized spacial score (nSPS) is 14.5. The Kier molecular flexibility index (Phi) is 3.53. The molecule has 0 spiro atoms. The molecule has 0 fully saturated rings. The molecule has 0 amide bonds. The molecule has 0 aliphatic carbocycles. The van der Waals surface area contributed by atoms with Crippen LogP contribution in [0.4, 0.5) is 0 Å². The molecule has 1 atom stereocenters. The summed E-state index contributed by atoms with van der Waals surface area (Å²) in [5.74, 6) is -0.400. The van der Waals surface area contributed by atoms with Crippen LogP contribution in [0.25, 0.3) is 0 Å². The van der Waals surface area contributed by atoms with E-state index in [0.29, 0.717) is 6.42 Å². The molecule has 0 saturated carbocycles. The van der Waals surface area contributed by atoms with Gasteiger partial charge in [-0.15, -0.1) is 11.6 Å². The number of ether oxygens (including phenoxy) is 1. The van der Waals surface area contributed by atoms with Crippen LogP contribution in [0.1, 0.15) is 12.5 Å². The maximum atomic E-state index is 11.3. The fraction of sp³-hybridized carbons (Fsp3) is 0.364. The second-order valence-corrected chi connectivity index (χ2v) is 4.19. The maximum absolute atomic E-state index is 11.3. The summed E-state index contributed by atoms with van der Waals surface area (Å²) in [4.78, 5) is 10.3. The molecule has 14 heavy (non-hydrogen) atoms. The molecule has 0 aromatic heterocycles. The Bertz CT molecular complexity index is 306. The molecule has 1 rings (SSSR count). The highest BCUT2D eigenvalue weighted by Crippen LogP contribution is 2.21. The van der Waals surface area contributed by atoms with Crippen molar-refractivity contribution in [1.82, 2.24) is 0 Å². The highest BCUT2D eigenvalue weighted by molar-refractivity contribution is 6.33. The lowest BCUT2D eigenvalue weighted by molar-refractivity contribution is -0.143. The van der Waals surface area contributed by atoms with Crippen molar-refractivity contribution in [3.8, 4) is 0 Å². The fourth-order valence-corrected chi connectivity index (χ4v) is 1.50. The van der Waals surface area contributed by atoms with Crippen LogP contribution in [0.15, 0.2) is 30.3 Å². The highest BCUT2D eigenvalue weighted by atomic mass is 35.5. The second kappa shape index (κ2) is 4.47. The van der Waals surface area contributed by atoms with Crippen molar-refractivity contribution in [1.29, 1.82) is 0 Å². The lowest BCUT2D eigenvalue weighted by Crippen LogP contribution is -2.32.